The van der Waals surface area contributed by atoms with Gasteiger partial charge in [0.05, 0.1) is 26.3 Å². The number of hydrogen-bond donors (Lipinski definition) is 2. The molecule has 0 heterocycles. The monoisotopic (exact) mass is 355 g/mol. The van der Waals surface area contributed by atoms with Gasteiger partial charge in [-0.05, 0) is 38.7 Å². The summed E-state index contributed by atoms with van der Waals surface area (Å²) in [5.74, 6) is 1.73. The minimum Gasteiger partial charge on any atom is -0.493 e. The molecule has 0 unspecified atom stereocenters. The largest absolute Gasteiger partial charge is 0.493 e. The van der Waals surface area contributed by atoms with Crippen LogP contribution in [0.3, 0.4) is 0 Å². The summed E-state index contributed by atoms with van der Waals surface area (Å²) in [7, 11) is 1.61. The number of benzene rings is 1. The van der Waals surface area contributed by atoms with Crippen molar-refractivity contribution in [2.75, 3.05) is 20.2 Å². The smallest absolute Gasteiger partial charge is 0.255 e. The Bertz CT molecular complexity index is 561. The van der Waals surface area contributed by atoms with Gasteiger partial charge in [0.1, 0.15) is 0 Å². The molecule has 0 radical (unpaired) electrons. The Morgan fingerprint density at radius 3 is 2.68 bits per heavy atom. The van der Waals surface area contributed by atoms with Crippen LogP contribution in [-0.4, -0.2) is 38.7 Å². The molecule has 25 heavy (non-hydrogen) atoms. The Hall–Kier alpha value is -2.05. The van der Waals surface area contributed by atoms with Crippen molar-refractivity contribution in [1.29, 1.82) is 0 Å². The van der Waals surface area contributed by atoms with Crippen LogP contribution in [-0.2, 0) is 6.54 Å². The predicted octanol–water partition coefficient (Wildman–Crippen LogP) is 3.34. The molecular weight excluding hydrogens is 328 g/mol. The first-order valence-electron chi connectivity index (χ1n) is 8.76. The van der Waals surface area contributed by atoms with Gasteiger partial charge in [-0.25, -0.2) is 13.8 Å². The van der Waals surface area contributed by atoms with Crippen LogP contribution in [0.5, 0.6) is 11.5 Å². The summed E-state index contributed by atoms with van der Waals surface area (Å²) in [4.78, 5) is 4.39. The number of aliphatic imine (C=N–C) groups is 1. The predicted molar refractivity (Wildman–Crippen MR) is 94.7 cm³/mol. The maximum atomic E-state index is 12.4. The van der Waals surface area contributed by atoms with Gasteiger partial charge in [0, 0.05) is 12.1 Å². The summed E-state index contributed by atoms with van der Waals surface area (Å²) in [6, 6.07) is 5.66. The topological polar surface area (TPSA) is 54.9 Å². The fourth-order valence-corrected chi connectivity index (χ4v) is 2.83. The summed E-state index contributed by atoms with van der Waals surface area (Å²) in [6.45, 7) is 2.37. The molecule has 1 aliphatic rings. The van der Waals surface area contributed by atoms with E-state index in [1.54, 1.807) is 7.11 Å². The Morgan fingerprint density at radius 2 is 2.04 bits per heavy atom. The van der Waals surface area contributed by atoms with E-state index in [2.05, 4.69) is 15.6 Å². The number of halogens is 2. The van der Waals surface area contributed by atoms with Crippen LogP contribution in [0.15, 0.2) is 23.2 Å². The van der Waals surface area contributed by atoms with E-state index in [1.807, 2.05) is 25.1 Å². The van der Waals surface area contributed by atoms with E-state index < -0.39 is 13.0 Å². The zero-order chi connectivity index (χ0) is 18.1. The van der Waals surface area contributed by atoms with Crippen LogP contribution in [0.25, 0.3) is 0 Å². The molecule has 0 spiro atoms. The van der Waals surface area contributed by atoms with Crippen molar-refractivity contribution in [3.63, 3.8) is 0 Å². The highest BCUT2D eigenvalue weighted by Gasteiger charge is 2.20. The molecule has 1 saturated carbocycles. The van der Waals surface area contributed by atoms with Crippen molar-refractivity contribution in [1.82, 2.24) is 10.6 Å². The van der Waals surface area contributed by atoms with Crippen LogP contribution in [0, 0.1) is 0 Å². The molecule has 140 valence electrons. The SMILES string of the molecule is CCNC(=NCc1cccc(OC)c1OC1CCCC1)NCC(F)F. The number of alkyl halides is 2. The lowest BCUT2D eigenvalue weighted by molar-refractivity contribution is 0.152. The molecule has 0 saturated heterocycles. The molecule has 0 amide bonds. The van der Waals surface area contributed by atoms with Crippen LogP contribution >= 0.6 is 0 Å². The highest BCUT2D eigenvalue weighted by Crippen LogP contribution is 2.35. The second-order valence-corrected chi connectivity index (χ2v) is 5.94. The fraction of sp³-hybridized carbons (Fsp3) is 0.611. The highest BCUT2D eigenvalue weighted by molar-refractivity contribution is 5.79. The number of nitrogens with one attached hydrogen (secondary N) is 2. The van der Waals surface area contributed by atoms with Gasteiger partial charge in [-0.3, -0.25) is 0 Å². The molecule has 0 atom stereocenters. The third-order valence-electron chi connectivity index (χ3n) is 4.04. The Morgan fingerprint density at radius 1 is 1.28 bits per heavy atom. The molecule has 0 aromatic heterocycles. The van der Waals surface area contributed by atoms with Crippen LogP contribution in [0.2, 0.25) is 0 Å². The van der Waals surface area contributed by atoms with Crippen molar-refractivity contribution < 1.29 is 18.3 Å². The van der Waals surface area contributed by atoms with Gasteiger partial charge < -0.3 is 20.1 Å². The second-order valence-electron chi connectivity index (χ2n) is 5.94. The molecule has 2 rings (SSSR count). The zero-order valence-corrected chi connectivity index (χ0v) is 14.9. The first-order valence-corrected chi connectivity index (χ1v) is 8.76. The van der Waals surface area contributed by atoms with E-state index in [1.165, 1.54) is 12.8 Å². The minimum absolute atomic E-state index is 0.198. The molecule has 1 aromatic rings. The van der Waals surface area contributed by atoms with E-state index in [9.17, 15) is 8.78 Å². The number of rotatable bonds is 8. The summed E-state index contributed by atoms with van der Waals surface area (Å²) in [6.07, 6.45) is 2.20. The summed E-state index contributed by atoms with van der Waals surface area (Å²) >= 11 is 0. The highest BCUT2D eigenvalue weighted by atomic mass is 19.3. The number of guanidine groups is 1. The number of nitrogens with zero attached hydrogens (tertiary/aromatic N) is 1. The van der Waals surface area contributed by atoms with Crippen molar-refractivity contribution in [3.05, 3.63) is 23.8 Å². The van der Waals surface area contributed by atoms with Gasteiger partial charge in [0.25, 0.3) is 6.43 Å². The standard InChI is InChI=1S/C18H27F2N3O2/c1-3-21-18(23-12-16(19)20)22-11-13-7-6-10-15(24-2)17(13)25-14-8-4-5-9-14/h6-7,10,14,16H,3-5,8-9,11-12H2,1-2H3,(H2,21,22,23). The quantitative estimate of drug-likeness (QED) is 0.555. The van der Waals surface area contributed by atoms with E-state index in [4.69, 9.17) is 9.47 Å². The van der Waals surface area contributed by atoms with Gasteiger partial charge >= 0.3 is 0 Å². The van der Waals surface area contributed by atoms with E-state index in [0.717, 1.165) is 18.4 Å². The van der Waals surface area contributed by atoms with E-state index in [0.29, 0.717) is 30.5 Å². The third kappa shape index (κ3) is 6.07. The maximum Gasteiger partial charge on any atom is 0.255 e. The van der Waals surface area contributed by atoms with Crippen molar-refractivity contribution >= 4 is 5.96 Å². The lowest BCUT2D eigenvalue weighted by Gasteiger charge is -2.19. The fourth-order valence-electron chi connectivity index (χ4n) is 2.83. The first kappa shape index (κ1) is 19.3. The van der Waals surface area contributed by atoms with E-state index in [-0.39, 0.29) is 6.10 Å². The molecule has 1 aromatic carbocycles. The number of ether oxygens (including phenoxy) is 2. The Balaban J connectivity index is 2.14. The summed E-state index contributed by atoms with van der Waals surface area (Å²) in [5, 5.41) is 5.59. The Labute approximate surface area is 147 Å². The summed E-state index contributed by atoms with van der Waals surface area (Å²) in [5.41, 5.74) is 0.875. The molecular formula is C18H27F2N3O2. The summed E-state index contributed by atoms with van der Waals surface area (Å²) < 4.78 is 36.4. The molecule has 5 nitrogen and oxygen atoms in total. The van der Waals surface area contributed by atoms with Gasteiger partial charge in [-0.1, -0.05) is 12.1 Å². The molecule has 1 fully saturated rings. The normalized spacial score (nSPS) is 15.5. The zero-order valence-electron chi connectivity index (χ0n) is 14.9. The third-order valence-corrected chi connectivity index (χ3v) is 4.04. The lowest BCUT2D eigenvalue weighted by atomic mass is 10.1. The van der Waals surface area contributed by atoms with Crippen molar-refractivity contribution in [3.8, 4) is 11.5 Å². The van der Waals surface area contributed by atoms with Gasteiger partial charge in [0.15, 0.2) is 17.5 Å². The minimum atomic E-state index is -2.43. The molecule has 0 aliphatic heterocycles. The van der Waals surface area contributed by atoms with E-state index >= 15 is 0 Å². The molecule has 2 N–H and O–H groups in total. The Kier molecular flexibility index (Phi) is 7.76. The molecule has 7 heteroatoms. The van der Waals surface area contributed by atoms with Gasteiger partial charge in [-0.15, -0.1) is 0 Å². The van der Waals surface area contributed by atoms with Crippen LogP contribution in [0.1, 0.15) is 38.2 Å². The van der Waals surface area contributed by atoms with Crippen molar-refractivity contribution in [2.45, 2.75) is 51.7 Å². The second kappa shape index (κ2) is 10.1. The van der Waals surface area contributed by atoms with Crippen LogP contribution in [0.4, 0.5) is 8.78 Å². The molecule has 0 bridgehead atoms. The maximum absolute atomic E-state index is 12.4. The van der Waals surface area contributed by atoms with Crippen LogP contribution < -0.4 is 20.1 Å². The molecule has 1 aliphatic carbocycles. The lowest BCUT2D eigenvalue weighted by Crippen LogP contribution is -2.39. The number of para-hydroxylation sites is 1. The van der Waals surface area contributed by atoms with Gasteiger partial charge in [-0.2, -0.15) is 0 Å². The number of methoxy groups -OCH3 is 1. The average molecular weight is 355 g/mol. The first-order chi connectivity index (χ1) is 12.1. The number of hydrogen-bond acceptors (Lipinski definition) is 3. The van der Waals surface area contributed by atoms with Gasteiger partial charge in [0.2, 0.25) is 0 Å². The van der Waals surface area contributed by atoms with Crippen molar-refractivity contribution in [2.24, 2.45) is 4.99 Å². The average Bonchev–Trinajstić information content (AvgIpc) is 3.11.